The highest BCUT2D eigenvalue weighted by atomic mass is 16.3. The van der Waals surface area contributed by atoms with Gasteiger partial charge in [-0.15, -0.1) is 0 Å². The van der Waals surface area contributed by atoms with E-state index in [1.807, 2.05) is 0 Å². The zero-order valence-electron chi connectivity index (χ0n) is 7.49. The van der Waals surface area contributed by atoms with E-state index >= 15 is 0 Å². The molecule has 0 aliphatic heterocycles. The maximum atomic E-state index is 10.9. The van der Waals surface area contributed by atoms with Crippen molar-refractivity contribution in [3.8, 4) is 6.07 Å². The summed E-state index contributed by atoms with van der Waals surface area (Å²) in [6.07, 6.45) is 2.46. The van der Waals surface area contributed by atoms with Gasteiger partial charge in [0, 0.05) is 12.5 Å². The van der Waals surface area contributed by atoms with Gasteiger partial charge in [0.2, 0.25) is 5.91 Å². The molecule has 1 rings (SSSR count). The molecule has 0 heterocycles. The lowest BCUT2D eigenvalue weighted by molar-refractivity contribution is -0.120. The van der Waals surface area contributed by atoms with E-state index in [0.29, 0.717) is 6.54 Å². The minimum Gasteiger partial charge on any atom is -0.393 e. The number of hydrogen-bond acceptors (Lipinski definition) is 3. The highest BCUT2D eigenvalue weighted by Gasteiger charge is 2.25. The van der Waals surface area contributed by atoms with Crippen molar-refractivity contribution in [1.82, 2.24) is 5.32 Å². The minimum atomic E-state index is -0.276. The van der Waals surface area contributed by atoms with E-state index in [0.717, 1.165) is 19.3 Å². The van der Waals surface area contributed by atoms with E-state index in [1.54, 1.807) is 6.07 Å². The van der Waals surface area contributed by atoms with Crippen LogP contribution in [0.1, 0.15) is 25.7 Å². The van der Waals surface area contributed by atoms with Gasteiger partial charge in [0.15, 0.2) is 0 Å². The normalized spacial score (nSPS) is 26.8. The molecule has 0 aromatic carbocycles. The number of aliphatic hydroxyl groups excluding tert-OH is 1. The van der Waals surface area contributed by atoms with Gasteiger partial charge >= 0.3 is 0 Å². The van der Waals surface area contributed by atoms with Crippen LogP contribution in [0.5, 0.6) is 0 Å². The maximum absolute atomic E-state index is 10.9. The van der Waals surface area contributed by atoms with Crippen LogP contribution in [0.2, 0.25) is 0 Å². The molecular weight excluding hydrogens is 168 g/mol. The molecule has 1 aliphatic rings. The molecule has 0 radical (unpaired) electrons. The van der Waals surface area contributed by atoms with Gasteiger partial charge in [-0.1, -0.05) is 6.42 Å². The van der Waals surface area contributed by atoms with Crippen LogP contribution in [0.25, 0.3) is 0 Å². The number of nitrogens with zero attached hydrogens (tertiary/aromatic N) is 1. The quantitative estimate of drug-likeness (QED) is 0.653. The first kappa shape index (κ1) is 10.0. The van der Waals surface area contributed by atoms with Crippen molar-refractivity contribution in [2.75, 3.05) is 6.54 Å². The molecule has 4 nitrogen and oxygen atoms in total. The Hall–Kier alpha value is -1.08. The molecule has 72 valence electrons. The highest BCUT2D eigenvalue weighted by molar-refractivity contribution is 5.77. The number of nitrogens with one attached hydrogen (secondary N) is 1. The number of rotatable bonds is 3. The van der Waals surface area contributed by atoms with Crippen molar-refractivity contribution in [3.63, 3.8) is 0 Å². The Morgan fingerprint density at radius 1 is 1.62 bits per heavy atom. The lowest BCUT2D eigenvalue weighted by Gasteiger charge is -2.14. The lowest BCUT2D eigenvalue weighted by atomic mass is 10.1. The first-order chi connectivity index (χ1) is 6.24. The minimum absolute atomic E-state index is 0.0944. The number of aliphatic hydroxyl groups is 1. The Bertz CT molecular complexity index is 222. The topological polar surface area (TPSA) is 73.1 Å². The Morgan fingerprint density at radius 2 is 2.38 bits per heavy atom. The van der Waals surface area contributed by atoms with Gasteiger partial charge < -0.3 is 10.4 Å². The van der Waals surface area contributed by atoms with E-state index in [4.69, 9.17) is 5.26 Å². The van der Waals surface area contributed by atoms with Crippen LogP contribution < -0.4 is 5.32 Å². The summed E-state index contributed by atoms with van der Waals surface area (Å²) in [6, 6.07) is 1.78. The number of amides is 1. The van der Waals surface area contributed by atoms with Crippen molar-refractivity contribution in [2.45, 2.75) is 31.8 Å². The summed E-state index contributed by atoms with van der Waals surface area (Å²) in [7, 11) is 0. The van der Waals surface area contributed by atoms with Crippen LogP contribution in [-0.4, -0.2) is 23.7 Å². The van der Waals surface area contributed by atoms with Gasteiger partial charge in [-0.25, -0.2) is 0 Å². The van der Waals surface area contributed by atoms with E-state index in [9.17, 15) is 9.90 Å². The fourth-order valence-electron chi connectivity index (χ4n) is 1.63. The van der Waals surface area contributed by atoms with Crippen molar-refractivity contribution < 1.29 is 9.90 Å². The van der Waals surface area contributed by atoms with Crippen LogP contribution in [-0.2, 0) is 4.79 Å². The second-order valence-corrected chi connectivity index (χ2v) is 3.40. The van der Waals surface area contributed by atoms with Gasteiger partial charge in [0.25, 0.3) is 0 Å². The molecule has 0 bridgehead atoms. The average molecular weight is 182 g/mol. The van der Waals surface area contributed by atoms with Crippen LogP contribution in [0, 0.1) is 17.2 Å². The Morgan fingerprint density at radius 3 is 2.92 bits per heavy atom. The van der Waals surface area contributed by atoms with Crippen LogP contribution in [0.15, 0.2) is 0 Å². The van der Waals surface area contributed by atoms with Crippen molar-refractivity contribution in [1.29, 1.82) is 5.26 Å². The molecule has 13 heavy (non-hydrogen) atoms. The fourth-order valence-corrected chi connectivity index (χ4v) is 1.63. The number of nitriles is 1. The lowest BCUT2D eigenvalue weighted by Crippen LogP contribution is -2.32. The van der Waals surface area contributed by atoms with E-state index in [1.165, 1.54) is 0 Å². The number of hydrogen-bond donors (Lipinski definition) is 2. The highest BCUT2D eigenvalue weighted by Crippen LogP contribution is 2.24. The molecule has 2 N–H and O–H groups in total. The summed E-state index contributed by atoms with van der Waals surface area (Å²) in [6.45, 7) is 0.502. The summed E-state index contributed by atoms with van der Waals surface area (Å²) in [5, 5.41) is 20.3. The van der Waals surface area contributed by atoms with Crippen LogP contribution >= 0.6 is 0 Å². The standard InChI is InChI=1S/C9H14N2O2/c10-5-4-9(13)11-6-7-2-1-3-8(7)12/h7-8,12H,1-4,6H2,(H,11,13). The fraction of sp³-hybridized carbons (Fsp3) is 0.778. The SMILES string of the molecule is N#CCC(=O)NCC1CCCC1O. The summed E-state index contributed by atoms with van der Waals surface area (Å²) in [5.74, 6) is -0.0655. The predicted octanol–water partition coefficient (Wildman–Crippen LogP) is 0.177. The van der Waals surface area contributed by atoms with Crippen molar-refractivity contribution >= 4 is 5.91 Å². The molecule has 0 aromatic rings. The largest absolute Gasteiger partial charge is 0.393 e. The van der Waals surface area contributed by atoms with E-state index in [2.05, 4.69) is 5.32 Å². The van der Waals surface area contributed by atoms with Crippen LogP contribution in [0.4, 0.5) is 0 Å². The van der Waals surface area contributed by atoms with Gasteiger partial charge in [-0.3, -0.25) is 4.79 Å². The Balaban J connectivity index is 2.19. The summed E-state index contributed by atoms with van der Waals surface area (Å²) >= 11 is 0. The molecule has 0 spiro atoms. The first-order valence-corrected chi connectivity index (χ1v) is 4.55. The molecule has 0 saturated heterocycles. The zero-order valence-corrected chi connectivity index (χ0v) is 7.49. The van der Waals surface area contributed by atoms with E-state index < -0.39 is 0 Å². The monoisotopic (exact) mass is 182 g/mol. The average Bonchev–Trinajstić information content (AvgIpc) is 2.48. The smallest absolute Gasteiger partial charge is 0.234 e. The second-order valence-electron chi connectivity index (χ2n) is 3.40. The van der Waals surface area contributed by atoms with Crippen molar-refractivity contribution in [2.24, 2.45) is 5.92 Å². The van der Waals surface area contributed by atoms with Gasteiger partial charge in [0.05, 0.1) is 12.2 Å². The van der Waals surface area contributed by atoms with Gasteiger partial charge in [-0.05, 0) is 12.8 Å². The van der Waals surface area contributed by atoms with Crippen LogP contribution in [0.3, 0.4) is 0 Å². The molecule has 1 aliphatic carbocycles. The zero-order chi connectivity index (χ0) is 9.68. The summed E-state index contributed by atoms with van der Waals surface area (Å²) in [5.41, 5.74) is 0. The third kappa shape index (κ3) is 3.03. The molecule has 0 aromatic heterocycles. The third-order valence-corrected chi connectivity index (χ3v) is 2.42. The summed E-state index contributed by atoms with van der Waals surface area (Å²) in [4.78, 5) is 10.9. The number of carbonyl (C=O) groups is 1. The van der Waals surface area contributed by atoms with Gasteiger partial charge in [0.1, 0.15) is 6.42 Å². The molecule has 2 atom stereocenters. The third-order valence-electron chi connectivity index (χ3n) is 2.42. The van der Waals surface area contributed by atoms with Gasteiger partial charge in [-0.2, -0.15) is 5.26 Å². The summed E-state index contributed by atoms with van der Waals surface area (Å²) < 4.78 is 0. The second kappa shape index (κ2) is 4.83. The molecule has 1 fully saturated rings. The Kier molecular flexibility index (Phi) is 3.71. The number of carbonyl (C=O) groups excluding carboxylic acids is 1. The maximum Gasteiger partial charge on any atom is 0.234 e. The molecule has 4 heteroatoms. The molecular formula is C9H14N2O2. The van der Waals surface area contributed by atoms with Crippen molar-refractivity contribution in [3.05, 3.63) is 0 Å². The molecule has 1 saturated carbocycles. The van der Waals surface area contributed by atoms with E-state index in [-0.39, 0.29) is 24.3 Å². The molecule has 2 unspecified atom stereocenters. The predicted molar refractivity (Wildman–Crippen MR) is 46.6 cm³/mol. The first-order valence-electron chi connectivity index (χ1n) is 4.55. The molecule has 1 amide bonds. The Labute approximate surface area is 77.6 Å².